The predicted octanol–water partition coefficient (Wildman–Crippen LogP) is 2.95. The van der Waals surface area contributed by atoms with Crippen molar-refractivity contribution >= 4 is 11.9 Å². The Morgan fingerprint density at radius 2 is 1.85 bits per heavy atom. The number of aryl methyl sites for hydroxylation is 1. The smallest absolute Gasteiger partial charge is 0.351 e. The summed E-state index contributed by atoms with van der Waals surface area (Å²) in [6, 6.07) is 14.9. The van der Waals surface area contributed by atoms with Crippen LogP contribution in [0.1, 0.15) is 30.5 Å². The number of hydrogen-bond acceptors (Lipinski definition) is 5. The first-order valence-electron chi connectivity index (χ1n) is 8.98. The number of nitrogens with one attached hydrogen (secondary N) is 1. The molecule has 0 aromatic heterocycles. The maximum atomic E-state index is 12.2. The standard InChI is InChI=1S/C21H23NO5/c1-3-16(15-10-8-14(2)9-11-15)22-20(23)13-26-21(24)19-12-25-17-6-4-5-7-18(17)27-19/h4-11,16,19H,3,12-13H2,1-2H3,(H,22,23)/t16-,19+/m1/s1. The van der Waals surface area contributed by atoms with Crippen molar-refractivity contribution in [2.24, 2.45) is 0 Å². The summed E-state index contributed by atoms with van der Waals surface area (Å²) in [5, 5.41) is 2.89. The molecule has 0 radical (unpaired) electrons. The Balaban J connectivity index is 1.50. The fourth-order valence-corrected chi connectivity index (χ4v) is 2.82. The predicted molar refractivity (Wildman–Crippen MR) is 99.7 cm³/mol. The third-order valence-electron chi connectivity index (χ3n) is 4.34. The van der Waals surface area contributed by atoms with E-state index in [0.717, 1.165) is 17.5 Å². The summed E-state index contributed by atoms with van der Waals surface area (Å²) in [5.74, 6) is 0.0969. The molecule has 3 rings (SSSR count). The molecule has 1 amide bonds. The van der Waals surface area contributed by atoms with Crippen molar-refractivity contribution in [3.8, 4) is 11.5 Å². The van der Waals surface area contributed by atoms with Crippen molar-refractivity contribution in [2.45, 2.75) is 32.4 Å². The van der Waals surface area contributed by atoms with Gasteiger partial charge in [0.15, 0.2) is 18.1 Å². The van der Waals surface area contributed by atoms with Crippen LogP contribution in [0.2, 0.25) is 0 Å². The molecule has 27 heavy (non-hydrogen) atoms. The zero-order valence-electron chi connectivity index (χ0n) is 15.4. The number of esters is 1. The Labute approximate surface area is 158 Å². The minimum atomic E-state index is -0.883. The van der Waals surface area contributed by atoms with Crippen molar-refractivity contribution in [3.63, 3.8) is 0 Å². The third kappa shape index (κ3) is 4.78. The van der Waals surface area contributed by atoms with Crippen LogP contribution in [0.4, 0.5) is 0 Å². The number of para-hydroxylation sites is 2. The lowest BCUT2D eigenvalue weighted by Gasteiger charge is -2.25. The van der Waals surface area contributed by atoms with Gasteiger partial charge in [-0.3, -0.25) is 4.79 Å². The minimum Gasteiger partial charge on any atom is -0.485 e. The number of carbonyl (C=O) groups excluding carboxylic acids is 2. The number of benzene rings is 2. The Morgan fingerprint density at radius 3 is 2.56 bits per heavy atom. The van der Waals surface area contributed by atoms with Crippen molar-refractivity contribution in [1.29, 1.82) is 0 Å². The summed E-state index contributed by atoms with van der Waals surface area (Å²) in [6.45, 7) is 3.70. The average molecular weight is 369 g/mol. The number of amides is 1. The topological polar surface area (TPSA) is 73.9 Å². The molecule has 2 aromatic rings. The molecule has 1 aliphatic rings. The number of carbonyl (C=O) groups is 2. The number of fused-ring (bicyclic) bond motifs is 1. The zero-order valence-corrected chi connectivity index (χ0v) is 15.4. The zero-order chi connectivity index (χ0) is 19.2. The lowest BCUT2D eigenvalue weighted by molar-refractivity contribution is -0.157. The van der Waals surface area contributed by atoms with Gasteiger partial charge in [0.1, 0.15) is 6.61 Å². The van der Waals surface area contributed by atoms with Gasteiger partial charge in [0.25, 0.3) is 5.91 Å². The largest absolute Gasteiger partial charge is 0.485 e. The normalized spacial score (nSPS) is 16.3. The molecule has 6 nitrogen and oxygen atoms in total. The van der Waals surface area contributed by atoms with Crippen LogP contribution < -0.4 is 14.8 Å². The molecule has 142 valence electrons. The first kappa shape index (κ1) is 18.8. The lowest BCUT2D eigenvalue weighted by Crippen LogP contribution is -2.40. The van der Waals surface area contributed by atoms with Gasteiger partial charge in [-0.2, -0.15) is 0 Å². The van der Waals surface area contributed by atoms with Gasteiger partial charge in [-0.1, -0.05) is 48.9 Å². The van der Waals surface area contributed by atoms with Crippen LogP contribution >= 0.6 is 0 Å². The van der Waals surface area contributed by atoms with Gasteiger partial charge in [-0.15, -0.1) is 0 Å². The van der Waals surface area contributed by atoms with Crippen LogP contribution in [-0.2, 0) is 14.3 Å². The summed E-state index contributed by atoms with van der Waals surface area (Å²) >= 11 is 0. The molecule has 0 saturated carbocycles. The number of rotatable bonds is 6. The highest BCUT2D eigenvalue weighted by atomic mass is 16.6. The molecule has 1 N–H and O–H groups in total. The van der Waals surface area contributed by atoms with Crippen LogP contribution in [0.3, 0.4) is 0 Å². The van der Waals surface area contributed by atoms with Gasteiger partial charge in [0, 0.05) is 0 Å². The third-order valence-corrected chi connectivity index (χ3v) is 4.34. The number of hydrogen-bond donors (Lipinski definition) is 1. The molecule has 0 unspecified atom stereocenters. The van der Waals surface area contributed by atoms with Gasteiger partial charge in [-0.05, 0) is 31.0 Å². The highest BCUT2D eigenvalue weighted by Crippen LogP contribution is 2.31. The first-order chi connectivity index (χ1) is 13.1. The van der Waals surface area contributed by atoms with Crippen LogP contribution in [0.15, 0.2) is 48.5 Å². The maximum absolute atomic E-state index is 12.2. The average Bonchev–Trinajstić information content (AvgIpc) is 2.70. The molecule has 1 aliphatic heterocycles. The fraction of sp³-hybridized carbons (Fsp3) is 0.333. The molecular formula is C21H23NO5. The highest BCUT2D eigenvalue weighted by Gasteiger charge is 2.29. The molecule has 2 atom stereocenters. The Kier molecular flexibility index (Phi) is 5.96. The van der Waals surface area contributed by atoms with E-state index in [9.17, 15) is 9.59 Å². The minimum absolute atomic E-state index is 0.0540. The van der Waals surface area contributed by atoms with Gasteiger partial charge in [-0.25, -0.2) is 4.79 Å². The van der Waals surface area contributed by atoms with E-state index in [-0.39, 0.29) is 25.2 Å². The van der Waals surface area contributed by atoms with E-state index in [1.807, 2.05) is 44.2 Å². The second-order valence-corrected chi connectivity index (χ2v) is 6.41. The van der Waals surface area contributed by atoms with E-state index < -0.39 is 12.1 Å². The Hall–Kier alpha value is -3.02. The first-order valence-corrected chi connectivity index (χ1v) is 8.98. The molecule has 1 heterocycles. The Morgan fingerprint density at radius 1 is 1.15 bits per heavy atom. The fourth-order valence-electron chi connectivity index (χ4n) is 2.82. The monoisotopic (exact) mass is 369 g/mol. The molecule has 0 aliphatic carbocycles. The molecule has 0 saturated heterocycles. The van der Waals surface area contributed by atoms with Crippen LogP contribution in [0.5, 0.6) is 11.5 Å². The molecule has 6 heteroatoms. The molecule has 0 bridgehead atoms. The van der Waals surface area contributed by atoms with Gasteiger partial charge in [0.2, 0.25) is 6.10 Å². The van der Waals surface area contributed by atoms with Crippen molar-refractivity contribution in [2.75, 3.05) is 13.2 Å². The van der Waals surface area contributed by atoms with Crippen LogP contribution in [0.25, 0.3) is 0 Å². The summed E-state index contributed by atoms with van der Waals surface area (Å²) in [4.78, 5) is 24.3. The summed E-state index contributed by atoms with van der Waals surface area (Å²) < 4.78 is 16.2. The Bertz CT molecular complexity index is 802. The van der Waals surface area contributed by atoms with Crippen LogP contribution in [-0.4, -0.2) is 31.2 Å². The summed E-state index contributed by atoms with van der Waals surface area (Å²) in [6.07, 6.45) is -0.147. The maximum Gasteiger partial charge on any atom is 0.351 e. The summed E-state index contributed by atoms with van der Waals surface area (Å²) in [5.41, 5.74) is 2.17. The second kappa shape index (κ2) is 8.58. The van der Waals surface area contributed by atoms with Crippen molar-refractivity contribution < 1.29 is 23.8 Å². The highest BCUT2D eigenvalue weighted by molar-refractivity contribution is 5.82. The SMILES string of the molecule is CC[C@@H](NC(=O)COC(=O)[C@@H]1COc2ccccc2O1)c1ccc(C)cc1. The van der Waals surface area contributed by atoms with E-state index in [0.29, 0.717) is 11.5 Å². The van der Waals surface area contributed by atoms with Gasteiger partial charge in [0.05, 0.1) is 6.04 Å². The van der Waals surface area contributed by atoms with E-state index in [1.54, 1.807) is 18.2 Å². The van der Waals surface area contributed by atoms with Crippen molar-refractivity contribution in [3.05, 3.63) is 59.7 Å². The van der Waals surface area contributed by atoms with E-state index in [4.69, 9.17) is 14.2 Å². The quantitative estimate of drug-likeness (QED) is 0.793. The van der Waals surface area contributed by atoms with Gasteiger partial charge >= 0.3 is 5.97 Å². The molecule has 2 aromatic carbocycles. The summed E-state index contributed by atoms with van der Waals surface area (Å²) in [7, 11) is 0. The molecular weight excluding hydrogens is 346 g/mol. The number of ether oxygens (including phenoxy) is 3. The van der Waals surface area contributed by atoms with Crippen molar-refractivity contribution in [1.82, 2.24) is 5.32 Å². The molecule has 0 spiro atoms. The second-order valence-electron chi connectivity index (χ2n) is 6.41. The van der Waals surface area contributed by atoms with E-state index >= 15 is 0 Å². The van der Waals surface area contributed by atoms with E-state index in [2.05, 4.69) is 5.32 Å². The van der Waals surface area contributed by atoms with Gasteiger partial charge < -0.3 is 19.5 Å². The lowest BCUT2D eigenvalue weighted by atomic mass is 10.0. The molecule has 0 fully saturated rings. The van der Waals surface area contributed by atoms with Crippen LogP contribution in [0, 0.1) is 6.92 Å². The van der Waals surface area contributed by atoms with E-state index in [1.165, 1.54) is 0 Å².